The van der Waals surface area contributed by atoms with Crippen LogP contribution in [0.5, 0.6) is 0 Å². The first-order chi connectivity index (χ1) is 14.9. The highest BCUT2D eigenvalue weighted by Crippen LogP contribution is 2.39. The molecule has 0 amide bonds. The molecule has 0 atom stereocenters. The number of aromatic nitrogens is 1. The number of likely N-dealkylation sites (tertiary alicyclic amines) is 1. The molecule has 0 N–H and O–H groups in total. The number of fused-ring (bicyclic) bond motifs is 2. The van der Waals surface area contributed by atoms with E-state index in [1.807, 2.05) is 12.3 Å². The van der Waals surface area contributed by atoms with Crippen LogP contribution >= 0.6 is 0 Å². The second-order valence-corrected chi connectivity index (χ2v) is 8.10. The minimum atomic E-state index is 0.936. The van der Waals surface area contributed by atoms with Crippen molar-refractivity contribution in [1.82, 2.24) is 9.88 Å². The van der Waals surface area contributed by atoms with Gasteiger partial charge in [0.05, 0.1) is 11.4 Å². The number of aliphatic imine (C=N–C) groups is 1. The lowest BCUT2D eigenvalue weighted by Crippen LogP contribution is -2.32. The molecule has 0 spiro atoms. The van der Waals surface area contributed by atoms with Crippen LogP contribution in [0.25, 0.3) is 0 Å². The normalized spacial score (nSPS) is 16.4. The summed E-state index contributed by atoms with van der Waals surface area (Å²) < 4.78 is 0. The highest BCUT2D eigenvalue weighted by atomic mass is 15.2. The van der Waals surface area contributed by atoms with Crippen LogP contribution in [0.4, 0.5) is 17.2 Å². The average molecular weight is 397 g/mol. The van der Waals surface area contributed by atoms with Crippen molar-refractivity contribution in [2.24, 2.45) is 4.99 Å². The van der Waals surface area contributed by atoms with Crippen molar-refractivity contribution in [3.63, 3.8) is 0 Å². The van der Waals surface area contributed by atoms with Crippen molar-refractivity contribution in [3.05, 3.63) is 84.1 Å². The van der Waals surface area contributed by atoms with Crippen LogP contribution in [0.2, 0.25) is 0 Å². The van der Waals surface area contributed by atoms with Crippen molar-refractivity contribution in [1.29, 1.82) is 0 Å². The molecule has 5 rings (SSSR count). The summed E-state index contributed by atoms with van der Waals surface area (Å²) in [4.78, 5) is 14.8. The van der Waals surface area contributed by atoms with E-state index in [0.717, 1.165) is 42.3 Å². The lowest BCUT2D eigenvalue weighted by Gasteiger charge is -2.29. The van der Waals surface area contributed by atoms with Crippen LogP contribution in [0, 0.1) is 0 Å². The quantitative estimate of drug-likeness (QED) is 0.564. The van der Waals surface area contributed by atoms with E-state index >= 15 is 0 Å². The third-order valence-electron chi connectivity index (χ3n) is 6.06. The molecule has 3 aromatic rings. The van der Waals surface area contributed by atoms with E-state index in [9.17, 15) is 0 Å². The molecule has 1 fully saturated rings. The van der Waals surface area contributed by atoms with Crippen molar-refractivity contribution in [2.75, 3.05) is 31.1 Å². The first-order valence-corrected chi connectivity index (χ1v) is 11.1. The highest BCUT2D eigenvalue weighted by Gasteiger charge is 2.24. The molecule has 4 nitrogen and oxygen atoms in total. The van der Waals surface area contributed by atoms with Gasteiger partial charge in [0.25, 0.3) is 0 Å². The van der Waals surface area contributed by atoms with E-state index in [4.69, 9.17) is 9.98 Å². The second-order valence-electron chi connectivity index (χ2n) is 8.10. The molecule has 0 unspecified atom stereocenters. The van der Waals surface area contributed by atoms with E-state index in [-0.39, 0.29) is 0 Å². The molecule has 0 saturated carbocycles. The Labute approximate surface area is 178 Å². The fraction of sp³-hybridized carbons (Fsp3) is 0.308. The Kier molecular flexibility index (Phi) is 5.58. The average Bonchev–Trinajstić information content (AvgIpc) is 2.96. The lowest BCUT2D eigenvalue weighted by molar-refractivity contribution is 0.227. The van der Waals surface area contributed by atoms with Crippen molar-refractivity contribution in [3.8, 4) is 0 Å². The van der Waals surface area contributed by atoms with Crippen molar-refractivity contribution < 1.29 is 0 Å². The fourth-order valence-corrected chi connectivity index (χ4v) is 4.57. The molecule has 2 aromatic carbocycles. The van der Waals surface area contributed by atoms with Gasteiger partial charge >= 0.3 is 0 Å². The molecule has 3 heterocycles. The summed E-state index contributed by atoms with van der Waals surface area (Å²) in [6, 6.07) is 23.1. The molecule has 4 heteroatoms. The van der Waals surface area contributed by atoms with Gasteiger partial charge in [-0.2, -0.15) is 0 Å². The first-order valence-electron chi connectivity index (χ1n) is 11.1. The van der Waals surface area contributed by atoms with E-state index in [2.05, 4.69) is 70.5 Å². The zero-order valence-electron chi connectivity index (χ0n) is 17.4. The van der Waals surface area contributed by atoms with Crippen LogP contribution in [0.1, 0.15) is 36.8 Å². The number of piperidine rings is 1. The number of hydrogen-bond acceptors (Lipinski definition) is 4. The van der Waals surface area contributed by atoms with Crippen LogP contribution in [-0.4, -0.2) is 41.8 Å². The van der Waals surface area contributed by atoms with Gasteiger partial charge in [0, 0.05) is 23.9 Å². The third kappa shape index (κ3) is 3.88. The summed E-state index contributed by atoms with van der Waals surface area (Å²) in [5, 5.41) is 0. The summed E-state index contributed by atoms with van der Waals surface area (Å²) in [6.07, 6.45) is 7.05. The van der Waals surface area contributed by atoms with Gasteiger partial charge in [-0.3, -0.25) is 0 Å². The predicted molar refractivity (Wildman–Crippen MR) is 124 cm³/mol. The largest absolute Gasteiger partial charge is 0.324 e. The third-order valence-corrected chi connectivity index (χ3v) is 6.06. The maximum absolute atomic E-state index is 5.10. The summed E-state index contributed by atoms with van der Waals surface area (Å²) in [5.41, 5.74) is 5.44. The number of rotatable bonds is 5. The van der Waals surface area contributed by atoms with E-state index in [1.165, 1.54) is 43.6 Å². The number of para-hydroxylation sites is 1. The summed E-state index contributed by atoms with van der Waals surface area (Å²) >= 11 is 0. The standard InChI is InChI=1S/C26H28N4/c1-3-11-21(12-4-1)25-22-13-5-6-15-24(22)30(26-23(28-25)14-9-16-27-26)20-10-19-29-17-7-2-8-18-29/h1,3-6,9,11-16H,2,7-8,10,17-20H2. The Balaban J connectivity index is 1.51. The van der Waals surface area contributed by atoms with Gasteiger partial charge in [-0.1, -0.05) is 55.0 Å². The van der Waals surface area contributed by atoms with E-state index in [1.54, 1.807) is 0 Å². The Morgan fingerprint density at radius 1 is 0.767 bits per heavy atom. The Hall–Kier alpha value is -2.98. The molecule has 1 aromatic heterocycles. The minimum Gasteiger partial charge on any atom is -0.324 e. The molecule has 0 bridgehead atoms. The Bertz CT molecular complexity index is 1020. The smallest absolute Gasteiger partial charge is 0.159 e. The van der Waals surface area contributed by atoms with Crippen molar-refractivity contribution in [2.45, 2.75) is 25.7 Å². The molecule has 0 aliphatic carbocycles. The van der Waals surface area contributed by atoms with Gasteiger partial charge in [0.2, 0.25) is 0 Å². The maximum Gasteiger partial charge on any atom is 0.159 e. The molecule has 30 heavy (non-hydrogen) atoms. The van der Waals surface area contributed by atoms with Crippen LogP contribution in [-0.2, 0) is 0 Å². The Morgan fingerprint density at radius 2 is 1.57 bits per heavy atom. The van der Waals surface area contributed by atoms with Crippen LogP contribution < -0.4 is 4.90 Å². The van der Waals surface area contributed by atoms with Gasteiger partial charge < -0.3 is 9.80 Å². The van der Waals surface area contributed by atoms with Crippen LogP contribution in [0.15, 0.2) is 77.9 Å². The topological polar surface area (TPSA) is 31.7 Å². The van der Waals surface area contributed by atoms with Gasteiger partial charge in [0.1, 0.15) is 5.69 Å². The lowest BCUT2D eigenvalue weighted by atomic mass is 10.00. The van der Waals surface area contributed by atoms with Gasteiger partial charge in [0.15, 0.2) is 5.82 Å². The fourth-order valence-electron chi connectivity index (χ4n) is 4.57. The zero-order chi connectivity index (χ0) is 20.2. The summed E-state index contributed by atoms with van der Waals surface area (Å²) in [6.45, 7) is 4.57. The van der Waals surface area contributed by atoms with Gasteiger partial charge in [-0.05, 0) is 57.1 Å². The van der Waals surface area contributed by atoms with E-state index in [0.29, 0.717) is 0 Å². The molecular weight excluding hydrogens is 368 g/mol. The number of nitrogens with zero attached hydrogens (tertiary/aromatic N) is 4. The Morgan fingerprint density at radius 3 is 2.43 bits per heavy atom. The number of hydrogen-bond donors (Lipinski definition) is 0. The maximum atomic E-state index is 5.10. The summed E-state index contributed by atoms with van der Waals surface area (Å²) in [7, 11) is 0. The van der Waals surface area contributed by atoms with Gasteiger partial charge in [-0.25, -0.2) is 9.98 Å². The highest BCUT2D eigenvalue weighted by molar-refractivity contribution is 6.18. The molecule has 0 radical (unpaired) electrons. The summed E-state index contributed by atoms with van der Waals surface area (Å²) in [5.74, 6) is 0.953. The number of anilines is 2. The minimum absolute atomic E-state index is 0.936. The SMILES string of the molecule is c1ccc(C2=Nc3cccnc3N(CCCN3CCCCC3)c3ccccc32)cc1. The molecule has 152 valence electrons. The van der Waals surface area contributed by atoms with Crippen LogP contribution in [0.3, 0.4) is 0 Å². The van der Waals surface area contributed by atoms with E-state index < -0.39 is 0 Å². The zero-order valence-corrected chi connectivity index (χ0v) is 17.4. The van der Waals surface area contributed by atoms with Gasteiger partial charge in [-0.15, -0.1) is 0 Å². The molecular formula is C26H28N4. The predicted octanol–water partition coefficient (Wildman–Crippen LogP) is 5.58. The molecule has 2 aliphatic heterocycles. The molecule has 2 aliphatic rings. The second kappa shape index (κ2) is 8.80. The number of pyridine rings is 1. The monoisotopic (exact) mass is 396 g/mol. The first kappa shape index (κ1) is 19.0. The van der Waals surface area contributed by atoms with Crippen molar-refractivity contribution >= 4 is 22.9 Å². The number of benzene rings is 2. The molecule has 1 saturated heterocycles.